The summed E-state index contributed by atoms with van der Waals surface area (Å²) < 4.78 is 0. The number of nitro groups is 1. The van der Waals surface area contributed by atoms with Crippen LogP contribution in [0, 0.1) is 22.0 Å². The van der Waals surface area contributed by atoms with Gasteiger partial charge in [0.15, 0.2) is 0 Å². The maximum Gasteiger partial charge on any atom is 0.308 e. The molecule has 0 saturated carbocycles. The molecule has 1 aromatic rings. The zero-order valence-electron chi connectivity index (χ0n) is 11.6. The molecular weight excluding hydrogens is 319 g/mol. The summed E-state index contributed by atoms with van der Waals surface area (Å²) >= 11 is 11.9. The van der Waals surface area contributed by atoms with Crippen molar-refractivity contribution in [3.05, 3.63) is 32.3 Å². The fraction of sp³-hybridized carbons (Fsp3) is 0.462. The molecule has 1 rings (SSSR count). The lowest BCUT2D eigenvalue weighted by molar-refractivity contribution is -0.384. The molecule has 0 aromatic heterocycles. The predicted molar refractivity (Wildman–Crippen MR) is 82.2 cm³/mol. The van der Waals surface area contributed by atoms with Gasteiger partial charge in [0, 0.05) is 18.7 Å². The van der Waals surface area contributed by atoms with Crippen molar-refractivity contribution in [1.82, 2.24) is 0 Å². The summed E-state index contributed by atoms with van der Waals surface area (Å²) in [5.74, 6) is -1.27. The van der Waals surface area contributed by atoms with E-state index in [-0.39, 0.29) is 28.2 Å². The zero-order chi connectivity index (χ0) is 16.2. The van der Waals surface area contributed by atoms with Crippen molar-refractivity contribution < 1.29 is 14.8 Å². The third kappa shape index (κ3) is 5.06. The number of anilines is 1. The van der Waals surface area contributed by atoms with Gasteiger partial charge in [-0.05, 0) is 12.3 Å². The van der Waals surface area contributed by atoms with Crippen molar-refractivity contribution in [1.29, 1.82) is 0 Å². The van der Waals surface area contributed by atoms with E-state index in [0.29, 0.717) is 12.1 Å². The average Bonchev–Trinajstić information content (AvgIpc) is 2.35. The number of halogens is 2. The van der Waals surface area contributed by atoms with Crippen LogP contribution in [-0.2, 0) is 4.79 Å². The molecule has 0 heterocycles. The zero-order valence-corrected chi connectivity index (χ0v) is 13.1. The summed E-state index contributed by atoms with van der Waals surface area (Å²) in [6.07, 6.45) is 0.505. The summed E-state index contributed by atoms with van der Waals surface area (Å²) in [4.78, 5) is 21.3. The monoisotopic (exact) mass is 334 g/mol. The molecule has 1 unspecified atom stereocenters. The van der Waals surface area contributed by atoms with Gasteiger partial charge in [0.1, 0.15) is 0 Å². The van der Waals surface area contributed by atoms with Crippen LogP contribution in [0.2, 0.25) is 10.0 Å². The molecule has 8 heteroatoms. The van der Waals surface area contributed by atoms with Crippen LogP contribution in [0.5, 0.6) is 0 Å². The summed E-state index contributed by atoms with van der Waals surface area (Å²) in [5.41, 5.74) is 0.0893. The normalized spacial score (nSPS) is 12.2. The average molecular weight is 335 g/mol. The van der Waals surface area contributed by atoms with E-state index in [1.807, 2.05) is 13.8 Å². The Labute approximate surface area is 132 Å². The maximum atomic E-state index is 11.2. The minimum atomic E-state index is -0.912. The van der Waals surface area contributed by atoms with Crippen LogP contribution in [0.4, 0.5) is 11.4 Å². The highest BCUT2D eigenvalue weighted by molar-refractivity contribution is 6.39. The Balaban J connectivity index is 2.88. The predicted octanol–water partition coefficient (Wildman–Crippen LogP) is 4.06. The lowest BCUT2D eigenvalue weighted by Crippen LogP contribution is -2.24. The van der Waals surface area contributed by atoms with Gasteiger partial charge in [-0.3, -0.25) is 14.9 Å². The van der Waals surface area contributed by atoms with Gasteiger partial charge in [0.25, 0.3) is 5.69 Å². The second-order valence-electron chi connectivity index (χ2n) is 5.09. The summed E-state index contributed by atoms with van der Waals surface area (Å²) in [6.45, 7) is 4.01. The Hall–Kier alpha value is -1.53. The number of benzene rings is 1. The molecule has 0 fully saturated rings. The van der Waals surface area contributed by atoms with Crippen LogP contribution in [0.15, 0.2) is 12.1 Å². The number of nitrogens with one attached hydrogen (secondary N) is 1. The van der Waals surface area contributed by atoms with Crippen LogP contribution in [0.1, 0.15) is 20.3 Å². The van der Waals surface area contributed by atoms with E-state index >= 15 is 0 Å². The first kappa shape index (κ1) is 17.5. The highest BCUT2D eigenvalue weighted by Gasteiger charge is 2.21. The number of hydrogen-bond donors (Lipinski definition) is 2. The van der Waals surface area contributed by atoms with Crippen LogP contribution in [0.3, 0.4) is 0 Å². The number of hydrogen-bond acceptors (Lipinski definition) is 4. The number of carboxylic acid groups (broad SMARTS) is 1. The number of carbonyl (C=O) groups is 1. The lowest BCUT2D eigenvalue weighted by Gasteiger charge is -2.17. The van der Waals surface area contributed by atoms with Crippen molar-refractivity contribution in [2.45, 2.75) is 20.3 Å². The highest BCUT2D eigenvalue weighted by Crippen LogP contribution is 2.34. The van der Waals surface area contributed by atoms with Gasteiger partial charge < -0.3 is 10.4 Å². The largest absolute Gasteiger partial charge is 0.481 e. The van der Waals surface area contributed by atoms with Gasteiger partial charge in [0.2, 0.25) is 0 Å². The molecule has 0 amide bonds. The number of carboxylic acids is 1. The Morgan fingerprint density at radius 3 is 2.29 bits per heavy atom. The van der Waals surface area contributed by atoms with E-state index in [1.54, 1.807) is 0 Å². The van der Waals surface area contributed by atoms with E-state index in [9.17, 15) is 14.9 Å². The third-order valence-corrected chi connectivity index (χ3v) is 3.46. The molecule has 1 aromatic carbocycles. The molecule has 2 N–H and O–H groups in total. The van der Waals surface area contributed by atoms with Crippen LogP contribution in [0.25, 0.3) is 0 Å². The Morgan fingerprint density at radius 1 is 1.38 bits per heavy atom. The van der Waals surface area contributed by atoms with E-state index in [4.69, 9.17) is 28.3 Å². The smallest absolute Gasteiger partial charge is 0.308 e. The number of nitrogens with zero attached hydrogens (tertiary/aromatic N) is 1. The highest BCUT2D eigenvalue weighted by atomic mass is 35.5. The number of non-ortho nitro benzene ring substituents is 1. The van der Waals surface area contributed by atoms with E-state index in [1.165, 1.54) is 12.1 Å². The molecule has 0 radical (unpaired) electrons. The summed E-state index contributed by atoms with van der Waals surface area (Å²) in [6, 6.07) is 2.35. The quantitative estimate of drug-likeness (QED) is 0.579. The van der Waals surface area contributed by atoms with E-state index in [0.717, 1.165) is 0 Å². The molecule has 0 aliphatic heterocycles. The number of rotatable bonds is 7. The van der Waals surface area contributed by atoms with E-state index in [2.05, 4.69) is 5.32 Å². The summed E-state index contributed by atoms with van der Waals surface area (Å²) in [5, 5.41) is 22.9. The Bertz CT molecular complexity index is 526. The fourth-order valence-corrected chi connectivity index (χ4v) is 2.51. The second kappa shape index (κ2) is 7.47. The van der Waals surface area contributed by atoms with Gasteiger partial charge in [-0.25, -0.2) is 0 Å². The minimum absolute atomic E-state index is 0.0860. The van der Waals surface area contributed by atoms with Crippen molar-refractivity contribution in [2.24, 2.45) is 11.8 Å². The third-order valence-electron chi connectivity index (χ3n) is 2.87. The molecule has 0 bridgehead atoms. The summed E-state index contributed by atoms with van der Waals surface area (Å²) in [7, 11) is 0. The topological polar surface area (TPSA) is 92.5 Å². The van der Waals surface area contributed by atoms with Crippen LogP contribution in [-0.4, -0.2) is 22.5 Å². The lowest BCUT2D eigenvalue weighted by atomic mass is 9.97. The van der Waals surface area contributed by atoms with Crippen molar-refractivity contribution >= 4 is 40.5 Å². The van der Waals surface area contributed by atoms with Gasteiger partial charge in [-0.1, -0.05) is 37.0 Å². The molecule has 21 heavy (non-hydrogen) atoms. The first-order chi connectivity index (χ1) is 9.72. The molecular formula is C13H16Cl2N2O4. The second-order valence-corrected chi connectivity index (χ2v) is 5.90. The van der Waals surface area contributed by atoms with Gasteiger partial charge >= 0.3 is 5.97 Å². The SMILES string of the molecule is CC(C)CC(CNc1c(Cl)cc([N+](=O)[O-])cc1Cl)C(=O)O. The fourth-order valence-electron chi connectivity index (χ4n) is 1.90. The van der Waals surface area contributed by atoms with Gasteiger partial charge in [0.05, 0.1) is 26.6 Å². The van der Waals surface area contributed by atoms with Crippen molar-refractivity contribution in [3.63, 3.8) is 0 Å². The number of aliphatic carboxylic acids is 1. The molecule has 6 nitrogen and oxygen atoms in total. The molecule has 0 saturated heterocycles. The van der Waals surface area contributed by atoms with Crippen molar-refractivity contribution in [2.75, 3.05) is 11.9 Å². The van der Waals surface area contributed by atoms with Crippen LogP contribution >= 0.6 is 23.2 Å². The van der Waals surface area contributed by atoms with E-state index < -0.39 is 16.8 Å². The molecule has 0 aliphatic rings. The maximum absolute atomic E-state index is 11.2. The molecule has 1 atom stereocenters. The Morgan fingerprint density at radius 2 is 1.90 bits per heavy atom. The van der Waals surface area contributed by atoms with Crippen molar-refractivity contribution in [3.8, 4) is 0 Å². The first-order valence-electron chi connectivity index (χ1n) is 6.32. The Kier molecular flexibility index (Phi) is 6.23. The standard InChI is InChI=1S/C13H16Cl2N2O4/c1-7(2)3-8(13(18)19)6-16-12-10(14)4-9(17(20)21)5-11(12)15/h4-5,7-8,16H,3,6H2,1-2H3,(H,18,19). The first-order valence-corrected chi connectivity index (χ1v) is 7.08. The molecule has 0 aliphatic carbocycles. The van der Waals surface area contributed by atoms with Gasteiger partial charge in [-0.2, -0.15) is 0 Å². The molecule has 0 spiro atoms. The molecule has 116 valence electrons. The van der Waals surface area contributed by atoms with Crippen LogP contribution < -0.4 is 5.32 Å². The minimum Gasteiger partial charge on any atom is -0.481 e. The van der Waals surface area contributed by atoms with Gasteiger partial charge in [-0.15, -0.1) is 0 Å². The number of nitro benzene ring substituents is 1.